The minimum Gasteiger partial charge on any atom is -0.361 e. The predicted molar refractivity (Wildman–Crippen MR) is 106 cm³/mol. The maximum absolute atomic E-state index is 13.0. The van der Waals surface area contributed by atoms with E-state index in [4.69, 9.17) is 0 Å². The summed E-state index contributed by atoms with van der Waals surface area (Å²) >= 11 is 0. The van der Waals surface area contributed by atoms with Crippen LogP contribution >= 0.6 is 0 Å². The number of fused-ring (bicyclic) bond motifs is 1. The summed E-state index contributed by atoms with van der Waals surface area (Å²) in [6.45, 7) is 5.46. The number of nitrogens with zero attached hydrogens (tertiary/aromatic N) is 1. The first kappa shape index (κ1) is 17.0. The predicted octanol–water partition coefficient (Wildman–Crippen LogP) is 5.40. The zero-order valence-corrected chi connectivity index (χ0v) is 15.0. The number of halogens is 1. The van der Waals surface area contributed by atoms with Crippen molar-refractivity contribution < 1.29 is 4.39 Å². The van der Waals surface area contributed by atoms with Crippen LogP contribution in [0.15, 0.2) is 67.1 Å². The molecule has 3 aromatic rings. The molecule has 4 rings (SSSR count). The average molecular weight is 348 g/mol. The Morgan fingerprint density at radius 3 is 2.69 bits per heavy atom. The monoisotopic (exact) mass is 348 g/mol. The molecule has 134 valence electrons. The molecule has 0 saturated carbocycles. The second-order valence-electron chi connectivity index (χ2n) is 7.34. The number of aromatic amines is 1. The Bertz CT molecular complexity index is 894. The number of nitrogens with one attached hydrogen (secondary N) is 1. The maximum Gasteiger partial charge on any atom is 0.0971 e. The third-order valence-corrected chi connectivity index (χ3v) is 5.43. The lowest BCUT2D eigenvalue weighted by molar-refractivity contribution is 0.244. The molecule has 1 N–H and O–H groups in total. The Kier molecular flexibility index (Phi) is 4.89. The molecular formula is C23H25FN2. The highest BCUT2D eigenvalue weighted by Gasteiger charge is 2.25. The summed E-state index contributed by atoms with van der Waals surface area (Å²) in [5, 5.41) is 1.34. The molecule has 1 atom stereocenters. The van der Waals surface area contributed by atoms with Gasteiger partial charge in [-0.3, -0.25) is 4.90 Å². The van der Waals surface area contributed by atoms with Gasteiger partial charge >= 0.3 is 0 Å². The zero-order chi connectivity index (χ0) is 17.9. The fourth-order valence-corrected chi connectivity index (χ4v) is 4.11. The van der Waals surface area contributed by atoms with Crippen molar-refractivity contribution in [3.05, 3.63) is 83.8 Å². The number of hydrogen-bond donors (Lipinski definition) is 1. The average Bonchev–Trinajstić information content (AvgIpc) is 3.24. The third-order valence-electron chi connectivity index (χ3n) is 5.43. The third kappa shape index (κ3) is 3.73. The van der Waals surface area contributed by atoms with Crippen LogP contribution in [0.3, 0.4) is 0 Å². The second kappa shape index (κ2) is 7.46. The number of para-hydroxylation sites is 1. The number of H-pyrrole nitrogens is 1. The van der Waals surface area contributed by atoms with Crippen LogP contribution in [0.25, 0.3) is 10.9 Å². The number of rotatable bonds is 6. The van der Waals surface area contributed by atoms with E-state index in [0.29, 0.717) is 12.5 Å². The van der Waals surface area contributed by atoms with Gasteiger partial charge in [-0.2, -0.15) is 0 Å². The Labute approximate surface area is 154 Å². The highest BCUT2D eigenvalue weighted by molar-refractivity contribution is 5.83. The number of hydrogen-bond acceptors (Lipinski definition) is 1. The molecule has 26 heavy (non-hydrogen) atoms. The Balaban J connectivity index is 1.44. The maximum atomic E-state index is 13.0. The van der Waals surface area contributed by atoms with E-state index in [1.54, 1.807) is 0 Å². The first-order valence-electron chi connectivity index (χ1n) is 9.39. The van der Waals surface area contributed by atoms with E-state index in [-0.39, 0.29) is 5.83 Å². The van der Waals surface area contributed by atoms with E-state index in [2.05, 4.69) is 59.1 Å². The molecule has 1 saturated heterocycles. The first-order chi connectivity index (χ1) is 12.7. The molecule has 3 heteroatoms. The van der Waals surface area contributed by atoms with Gasteiger partial charge in [-0.15, -0.1) is 0 Å². The lowest BCUT2D eigenvalue weighted by Crippen LogP contribution is -2.30. The lowest BCUT2D eigenvalue weighted by atomic mass is 10.0. The van der Waals surface area contributed by atoms with Crippen molar-refractivity contribution in [2.24, 2.45) is 0 Å². The normalized spacial score (nSPS) is 17.8. The van der Waals surface area contributed by atoms with Crippen LogP contribution in [0.5, 0.6) is 0 Å². The molecule has 1 fully saturated rings. The number of aromatic nitrogens is 1. The second-order valence-corrected chi connectivity index (χ2v) is 7.34. The van der Waals surface area contributed by atoms with Crippen LogP contribution in [0.4, 0.5) is 4.39 Å². The minimum absolute atomic E-state index is 0.281. The van der Waals surface area contributed by atoms with Crippen LogP contribution in [-0.2, 0) is 19.4 Å². The number of allylic oxidation sites excluding steroid dienone is 1. The highest BCUT2D eigenvalue weighted by atomic mass is 19.1. The van der Waals surface area contributed by atoms with Crippen molar-refractivity contribution >= 4 is 10.9 Å². The summed E-state index contributed by atoms with van der Waals surface area (Å²) in [6, 6.07) is 17.4. The van der Waals surface area contributed by atoms with E-state index in [1.165, 1.54) is 34.9 Å². The van der Waals surface area contributed by atoms with Gasteiger partial charge in [0, 0.05) is 36.1 Å². The zero-order valence-electron chi connectivity index (χ0n) is 15.0. The fraction of sp³-hybridized carbons (Fsp3) is 0.304. The molecule has 2 nitrogen and oxygen atoms in total. The first-order valence-corrected chi connectivity index (χ1v) is 9.39. The van der Waals surface area contributed by atoms with E-state index >= 15 is 0 Å². The summed E-state index contributed by atoms with van der Waals surface area (Å²) < 4.78 is 13.0. The van der Waals surface area contributed by atoms with E-state index in [1.807, 2.05) is 12.1 Å². The fourth-order valence-electron chi connectivity index (χ4n) is 4.11. The SMILES string of the molecule is C=C(F)Cc1ccc(CN2CCC[C@@H]2Cc2c[nH]c3ccccc23)cc1. The van der Waals surface area contributed by atoms with Crippen molar-refractivity contribution in [2.45, 2.75) is 38.3 Å². The topological polar surface area (TPSA) is 19.0 Å². The molecule has 0 spiro atoms. The van der Waals surface area contributed by atoms with E-state index in [0.717, 1.165) is 25.1 Å². The smallest absolute Gasteiger partial charge is 0.0971 e. The molecule has 1 aliphatic heterocycles. The largest absolute Gasteiger partial charge is 0.361 e. The Morgan fingerprint density at radius 2 is 1.88 bits per heavy atom. The Hall–Kier alpha value is -2.39. The van der Waals surface area contributed by atoms with Crippen molar-refractivity contribution in [3.8, 4) is 0 Å². The molecule has 0 amide bonds. The molecule has 0 bridgehead atoms. The van der Waals surface area contributed by atoms with Gasteiger partial charge < -0.3 is 4.98 Å². The van der Waals surface area contributed by atoms with Gasteiger partial charge in [0.1, 0.15) is 0 Å². The van der Waals surface area contributed by atoms with E-state index < -0.39 is 0 Å². The molecule has 1 aliphatic rings. The van der Waals surface area contributed by atoms with Crippen LogP contribution in [0.1, 0.15) is 29.5 Å². The van der Waals surface area contributed by atoms with Crippen LogP contribution in [-0.4, -0.2) is 22.5 Å². The Morgan fingerprint density at radius 1 is 1.12 bits per heavy atom. The molecule has 0 aliphatic carbocycles. The lowest BCUT2D eigenvalue weighted by Gasteiger charge is -2.24. The van der Waals surface area contributed by atoms with Gasteiger partial charge in [-0.1, -0.05) is 49.0 Å². The summed E-state index contributed by atoms with van der Waals surface area (Å²) in [5.41, 5.74) is 4.91. The summed E-state index contributed by atoms with van der Waals surface area (Å²) in [5.74, 6) is -0.281. The van der Waals surface area contributed by atoms with Crippen molar-refractivity contribution in [3.63, 3.8) is 0 Å². The van der Waals surface area contributed by atoms with Crippen LogP contribution in [0, 0.1) is 0 Å². The summed E-state index contributed by atoms with van der Waals surface area (Å²) in [4.78, 5) is 5.98. The molecule has 2 aromatic carbocycles. The molecular weight excluding hydrogens is 323 g/mol. The van der Waals surface area contributed by atoms with Gasteiger partial charge in [0.2, 0.25) is 0 Å². The van der Waals surface area contributed by atoms with Gasteiger partial charge in [-0.25, -0.2) is 4.39 Å². The van der Waals surface area contributed by atoms with E-state index in [9.17, 15) is 4.39 Å². The van der Waals surface area contributed by atoms with Crippen molar-refractivity contribution in [1.29, 1.82) is 0 Å². The molecule has 0 unspecified atom stereocenters. The number of benzene rings is 2. The highest BCUT2D eigenvalue weighted by Crippen LogP contribution is 2.27. The van der Waals surface area contributed by atoms with Crippen molar-refractivity contribution in [1.82, 2.24) is 9.88 Å². The van der Waals surface area contributed by atoms with Crippen LogP contribution < -0.4 is 0 Å². The minimum atomic E-state index is -0.281. The van der Waals surface area contributed by atoms with Gasteiger partial charge in [-0.05, 0) is 48.6 Å². The van der Waals surface area contributed by atoms with Gasteiger partial charge in [0.25, 0.3) is 0 Å². The molecule has 0 radical (unpaired) electrons. The summed E-state index contributed by atoms with van der Waals surface area (Å²) in [6.07, 6.45) is 6.07. The van der Waals surface area contributed by atoms with Gasteiger partial charge in [0.15, 0.2) is 0 Å². The molecule has 2 heterocycles. The summed E-state index contributed by atoms with van der Waals surface area (Å²) in [7, 11) is 0. The van der Waals surface area contributed by atoms with Crippen LogP contribution in [0.2, 0.25) is 0 Å². The van der Waals surface area contributed by atoms with Gasteiger partial charge in [0.05, 0.1) is 5.83 Å². The standard InChI is InChI=1S/C23H25FN2/c1-17(24)13-18-8-10-19(11-9-18)16-26-12-4-5-21(26)14-20-15-25-23-7-3-2-6-22(20)23/h2-3,6-11,15,21,25H,1,4-5,12-14,16H2/t21-/m1/s1. The van der Waals surface area contributed by atoms with Crippen molar-refractivity contribution in [2.75, 3.05) is 6.54 Å². The number of likely N-dealkylation sites (tertiary alicyclic amines) is 1. The molecule has 1 aromatic heterocycles. The quantitative estimate of drug-likeness (QED) is 0.632.